The van der Waals surface area contributed by atoms with Crippen LogP contribution in [0.3, 0.4) is 0 Å². The zero-order valence-electron chi connectivity index (χ0n) is 14.3. The summed E-state index contributed by atoms with van der Waals surface area (Å²) in [6.45, 7) is 0. The lowest BCUT2D eigenvalue weighted by Gasteiger charge is -2.06. The second-order valence-electron chi connectivity index (χ2n) is 5.89. The number of ether oxygens (including phenoxy) is 2. The number of esters is 2. The van der Waals surface area contributed by atoms with Gasteiger partial charge < -0.3 is 9.47 Å². The molecule has 0 radical (unpaired) electrons. The number of carbonyl (C=O) groups is 2. The second-order valence-corrected chi connectivity index (χ2v) is 6.97. The van der Waals surface area contributed by atoms with E-state index in [1.165, 1.54) is 25.2 Å². The van der Waals surface area contributed by atoms with Gasteiger partial charge in [-0.25, -0.2) is 0 Å². The van der Waals surface area contributed by atoms with Crippen LogP contribution in [0, 0.1) is 0 Å². The molecule has 0 aliphatic carbocycles. The van der Waals surface area contributed by atoms with E-state index in [0.29, 0.717) is 12.8 Å². The lowest BCUT2D eigenvalue weighted by molar-refractivity contribution is -0.140. The van der Waals surface area contributed by atoms with Crippen molar-refractivity contribution in [3.63, 3.8) is 0 Å². The van der Waals surface area contributed by atoms with Crippen molar-refractivity contribution in [3.05, 3.63) is 57.1 Å². The Kier molecular flexibility index (Phi) is 5.43. The molecule has 0 fully saturated rings. The van der Waals surface area contributed by atoms with E-state index in [9.17, 15) is 9.59 Å². The smallest absolute Gasteiger partial charge is 0.309 e. The quantitative estimate of drug-likeness (QED) is 0.582. The molecule has 0 N–H and O–H groups in total. The van der Waals surface area contributed by atoms with Crippen LogP contribution < -0.4 is 0 Å². The molecular weight excluding hydrogens is 334 g/mol. The van der Waals surface area contributed by atoms with Gasteiger partial charge in [0.15, 0.2) is 14.6 Å². The molecule has 126 valence electrons. The SMILES string of the molecule is COC(=O)CC1=C(c2ccc(C3=C(CC(=O)OC)C=CB3)s2)BC=C1. The summed E-state index contributed by atoms with van der Waals surface area (Å²) < 4.78 is 9.56. The van der Waals surface area contributed by atoms with E-state index in [1.807, 2.05) is 12.2 Å². The molecule has 4 nitrogen and oxygen atoms in total. The van der Waals surface area contributed by atoms with Gasteiger partial charge in [0.2, 0.25) is 0 Å². The van der Waals surface area contributed by atoms with E-state index in [0.717, 1.165) is 35.5 Å². The molecule has 0 spiro atoms. The van der Waals surface area contributed by atoms with Crippen LogP contribution >= 0.6 is 11.3 Å². The number of allylic oxidation sites excluding steroid dienone is 2. The summed E-state index contributed by atoms with van der Waals surface area (Å²) in [6.07, 6.45) is 4.61. The average Bonchev–Trinajstić information content (AvgIpc) is 3.33. The Labute approximate surface area is 152 Å². The molecule has 0 atom stereocenters. The van der Waals surface area contributed by atoms with Gasteiger partial charge in [0, 0.05) is 9.75 Å². The summed E-state index contributed by atoms with van der Waals surface area (Å²) >= 11 is 1.70. The Morgan fingerprint density at radius 3 is 1.72 bits per heavy atom. The first-order valence-electron chi connectivity index (χ1n) is 8.13. The molecule has 0 saturated carbocycles. The van der Waals surface area contributed by atoms with Gasteiger partial charge in [0.1, 0.15) is 0 Å². The fourth-order valence-electron chi connectivity index (χ4n) is 3.07. The fraction of sp³-hybridized carbons (Fsp3) is 0.222. The van der Waals surface area contributed by atoms with Crippen molar-refractivity contribution < 1.29 is 19.1 Å². The number of hydrogen-bond donors (Lipinski definition) is 0. The minimum atomic E-state index is -0.223. The number of hydrogen-bond acceptors (Lipinski definition) is 5. The maximum atomic E-state index is 11.6. The van der Waals surface area contributed by atoms with Gasteiger partial charge in [-0.3, -0.25) is 9.59 Å². The Morgan fingerprint density at radius 2 is 1.32 bits per heavy atom. The van der Waals surface area contributed by atoms with Crippen LogP contribution in [0.2, 0.25) is 0 Å². The number of rotatable bonds is 6. The Morgan fingerprint density at radius 1 is 0.880 bits per heavy atom. The van der Waals surface area contributed by atoms with Crippen LogP contribution in [0.4, 0.5) is 0 Å². The molecule has 2 aliphatic rings. The lowest BCUT2D eigenvalue weighted by Crippen LogP contribution is -2.02. The lowest BCUT2D eigenvalue weighted by atomic mass is 9.70. The molecular formula is C18H18B2O4S. The van der Waals surface area contributed by atoms with Crippen LogP contribution in [0.15, 0.2) is 47.4 Å². The molecule has 0 aromatic carbocycles. The Bertz CT molecular complexity index is 763. The number of thiophene rings is 1. The molecule has 0 unspecified atom stereocenters. The minimum Gasteiger partial charge on any atom is -0.469 e. The molecule has 2 aliphatic heterocycles. The van der Waals surface area contributed by atoms with Crippen LogP contribution in [-0.4, -0.2) is 40.7 Å². The first-order chi connectivity index (χ1) is 12.1. The average molecular weight is 352 g/mol. The van der Waals surface area contributed by atoms with Crippen molar-refractivity contribution in [1.82, 2.24) is 0 Å². The summed E-state index contributed by atoms with van der Waals surface area (Å²) in [4.78, 5) is 25.5. The monoisotopic (exact) mass is 352 g/mol. The Balaban J connectivity index is 1.85. The molecule has 25 heavy (non-hydrogen) atoms. The largest absolute Gasteiger partial charge is 0.469 e. The van der Waals surface area contributed by atoms with Gasteiger partial charge >= 0.3 is 11.9 Å². The van der Waals surface area contributed by atoms with Crippen molar-refractivity contribution in [3.8, 4) is 0 Å². The highest BCUT2D eigenvalue weighted by Gasteiger charge is 2.20. The summed E-state index contributed by atoms with van der Waals surface area (Å²) in [5.74, 6) is 3.70. The first-order valence-corrected chi connectivity index (χ1v) is 8.95. The number of carbonyl (C=O) groups excluding carboxylic acids is 2. The summed E-state index contributed by atoms with van der Waals surface area (Å²) in [7, 11) is 4.48. The summed E-state index contributed by atoms with van der Waals surface area (Å²) in [5, 5.41) is 0. The third-order valence-corrected chi connectivity index (χ3v) is 5.59. The molecule has 3 rings (SSSR count). The highest BCUT2D eigenvalue weighted by atomic mass is 32.1. The fourth-order valence-corrected chi connectivity index (χ4v) is 4.25. The maximum absolute atomic E-state index is 11.6. The standard InChI is InChI=1S/C18H18B2O4S/c1-23-15(21)9-11-5-7-19-17(11)13-3-4-14(25-13)18-12(6-8-20-18)10-16(22)24-2/h3-8,19-20H,9-10H2,1-2H3. The predicted molar refractivity (Wildman–Crippen MR) is 104 cm³/mol. The zero-order valence-corrected chi connectivity index (χ0v) is 15.2. The van der Waals surface area contributed by atoms with Gasteiger partial charge in [-0.1, -0.05) is 23.1 Å². The van der Waals surface area contributed by atoms with Crippen LogP contribution in [0.1, 0.15) is 22.6 Å². The third-order valence-electron chi connectivity index (χ3n) is 4.38. The third kappa shape index (κ3) is 3.87. The van der Waals surface area contributed by atoms with Crippen molar-refractivity contribution in [2.45, 2.75) is 12.8 Å². The zero-order chi connectivity index (χ0) is 17.8. The minimum absolute atomic E-state index is 0.223. The highest BCUT2D eigenvalue weighted by molar-refractivity contribution is 7.16. The molecule has 0 bridgehead atoms. The summed E-state index contributed by atoms with van der Waals surface area (Å²) in [5.41, 5.74) is 4.41. The van der Waals surface area contributed by atoms with E-state index >= 15 is 0 Å². The molecule has 7 heteroatoms. The molecule has 1 aromatic rings. The van der Waals surface area contributed by atoms with Gasteiger partial charge in [-0.05, 0) is 23.3 Å². The van der Waals surface area contributed by atoms with Crippen LogP contribution in [0.5, 0.6) is 0 Å². The van der Waals surface area contributed by atoms with E-state index in [-0.39, 0.29) is 11.9 Å². The maximum Gasteiger partial charge on any atom is 0.309 e. The molecule has 0 saturated heterocycles. The topological polar surface area (TPSA) is 52.6 Å². The predicted octanol–water partition coefficient (Wildman–Crippen LogP) is 2.22. The highest BCUT2D eigenvalue weighted by Crippen LogP contribution is 2.36. The molecule has 3 heterocycles. The molecule has 0 amide bonds. The van der Waals surface area contributed by atoms with Crippen molar-refractivity contribution in [2.75, 3.05) is 14.2 Å². The normalized spacial score (nSPS) is 15.4. The van der Waals surface area contributed by atoms with Gasteiger partial charge in [-0.2, -0.15) is 0 Å². The van der Waals surface area contributed by atoms with Crippen molar-refractivity contribution in [1.29, 1.82) is 0 Å². The van der Waals surface area contributed by atoms with Crippen LogP contribution in [0.25, 0.3) is 10.9 Å². The number of methoxy groups -OCH3 is 2. The Hall–Kier alpha value is -2.27. The van der Waals surface area contributed by atoms with Crippen LogP contribution in [-0.2, 0) is 19.1 Å². The van der Waals surface area contributed by atoms with Crippen molar-refractivity contribution in [2.24, 2.45) is 0 Å². The van der Waals surface area contributed by atoms with Gasteiger partial charge in [0.25, 0.3) is 0 Å². The van der Waals surface area contributed by atoms with E-state index in [2.05, 4.69) is 24.1 Å². The summed E-state index contributed by atoms with van der Waals surface area (Å²) in [6, 6.07) is 4.20. The second kappa shape index (κ2) is 7.74. The first kappa shape index (κ1) is 17.5. The van der Waals surface area contributed by atoms with E-state index in [1.54, 1.807) is 11.3 Å². The van der Waals surface area contributed by atoms with Gasteiger partial charge in [0.05, 0.1) is 27.1 Å². The van der Waals surface area contributed by atoms with E-state index in [4.69, 9.17) is 9.47 Å². The van der Waals surface area contributed by atoms with E-state index < -0.39 is 0 Å². The van der Waals surface area contributed by atoms with Crippen molar-refractivity contribution >= 4 is 48.8 Å². The molecule has 1 aromatic heterocycles. The van der Waals surface area contributed by atoms with Gasteiger partial charge in [-0.15, -0.1) is 23.3 Å².